The molecule has 1 aliphatic heterocycles. The van der Waals surface area contributed by atoms with Gasteiger partial charge in [-0.3, -0.25) is 9.48 Å². The zero-order chi connectivity index (χ0) is 21.1. The van der Waals surface area contributed by atoms with Crippen LogP contribution >= 0.6 is 11.3 Å². The summed E-state index contributed by atoms with van der Waals surface area (Å²) in [6.07, 6.45) is 5.20. The van der Waals surface area contributed by atoms with Gasteiger partial charge in [-0.25, -0.2) is 9.99 Å². The smallest absolute Gasteiger partial charge is 0.268 e. The number of nitriles is 2. The van der Waals surface area contributed by atoms with Gasteiger partial charge in [0.25, 0.3) is 5.91 Å². The van der Waals surface area contributed by atoms with Crippen molar-refractivity contribution in [2.75, 3.05) is 0 Å². The average Bonchev–Trinajstić information content (AvgIpc) is 3.51. The fourth-order valence-electron chi connectivity index (χ4n) is 3.35. The van der Waals surface area contributed by atoms with E-state index in [0.717, 1.165) is 10.9 Å². The summed E-state index contributed by atoms with van der Waals surface area (Å²) < 4.78 is 1.87. The normalized spacial score (nSPS) is 15.3. The largest absolute Gasteiger partial charge is 0.269 e. The van der Waals surface area contributed by atoms with E-state index >= 15 is 0 Å². The summed E-state index contributed by atoms with van der Waals surface area (Å²) in [5.41, 5.74) is 2.37. The number of amides is 1. The van der Waals surface area contributed by atoms with Crippen molar-refractivity contribution in [2.45, 2.75) is 31.8 Å². The van der Waals surface area contributed by atoms with Gasteiger partial charge in [0.1, 0.15) is 17.1 Å². The van der Waals surface area contributed by atoms with Crippen LogP contribution in [0.1, 0.15) is 41.6 Å². The third kappa shape index (κ3) is 3.71. The Balaban J connectivity index is 1.37. The molecule has 0 spiro atoms. The lowest BCUT2D eigenvalue weighted by Gasteiger charge is -2.21. The third-order valence-electron chi connectivity index (χ3n) is 4.88. The number of thiazole rings is 1. The van der Waals surface area contributed by atoms with Crippen molar-refractivity contribution in [3.05, 3.63) is 58.2 Å². The average molecular weight is 415 g/mol. The number of aromatic nitrogens is 3. The minimum Gasteiger partial charge on any atom is -0.268 e. The standard InChI is InChI=1S/C21H17N7OS/c1-14(3-2-8-27-18-5-4-15(10-22)9-16(18)12-25-27)21(29)28-19(6-7-24-28)20-26-17(11-23)13-30-20/h4-5,7,9,12-13,19H,1-3,6,8H2. The summed E-state index contributed by atoms with van der Waals surface area (Å²) in [5.74, 6) is -0.230. The maximum absolute atomic E-state index is 12.9. The lowest BCUT2D eigenvalue weighted by molar-refractivity contribution is -0.129. The van der Waals surface area contributed by atoms with Gasteiger partial charge in [0, 0.05) is 35.5 Å². The molecular weight excluding hydrogens is 398 g/mol. The van der Waals surface area contributed by atoms with Gasteiger partial charge in [0.05, 0.1) is 23.3 Å². The second-order valence-electron chi connectivity index (χ2n) is 6.84. The second kappa shape index (κ2) is 8.27. The van der Waals surface area contributed by atoms with Gasteiger partial charge >= 0.3 is 0 Å². The first kappa shape index (κ1) is 19.5. The number of benzene rings is 1. The Morgan fingerprint density at radius 3 is 2.97 bits per heavy atom. The van der Waals surface area contributed by atoms with E-state index in [1.165, 1.54) is 16.3 Å². The van der Waals surface area contributed by atoms with Gasteiger partial charge < -0.3 is 0 Å². The van der Waals surface area contributed by atoms with Crippen LogP contribution in [0.2, 0.25) is 0 Å². The predicted molar refractivity (Wildman–Crippen MR) is 112 cm³/mol. The molecule has 1 amide bonds. The highest BCUT2D eigenvalue weighted by molar-refractivity contribution is 7.09. The molecule has 4 rings (SSSR count). The first-order valence-corrected chi connectivity index (χ1v) is 10.2. The van der Waals surface area contributed by atoms with Crippen molar-refractivity contribution in [3.63, 3.8) is 0 Å². The van der Waals surface area contributed by atoms with Gasteiger partial charge in [-0.2, -0.15) is 20.7 Å². The van der Waals surface area contributed by atoms with Crippen molar-refractivity contribution in [2.24, 2.45) is 5.10 Å². The number of aryl methyl sites for hydroxylation is 1. The highest BCUT2D eigenvalue weighted by Gasteiger charge is 2.31. The Labute approximate surface area is 177 Å². The molecule has 0 radical (unpaired) electrons. The van der Waals surface area contributed by atoms with E-state index in [4.69, 9.17) is 10.5 Å². The number of fused-ring (bicyclic) bond motifs is 1. The van der Waals surface area contributed by atoms with Crippen LogP contribution in [0.4, 0.5) is 0 Å². The number of hydrazone groups is 1. The van der Waals surface area contributed by atoms with Crippen LogP contribution in [0.25, 0.3) is 10.9 Å². The topological polar surface area (TPSA) is 111 Å². The van der Waals surface area contributed by atoms with Gasteiger partial charge in [-0.15, -0.1) is 11.3 Å². The molecule has 1 aromatic carbocycles. The Hall–Kier alpha value is -3.82. The SMILES string of the molecule is C=C(CCCn1ncc2cc(C#N)ccc21)C(=O)N1N=CCC1c1nc(C#N)cs1. The lowest BCUT2D eigenvalue weighted by atomic mass is 10.1. The highest BCUT2D eigenvalue weighted by Crippen LogP contribution is 2.31. The Morgan fingerprint density at radius 1 is 1.33 bits per heavy atom. The first-order valence-electron chi connectivity index (χ1n) is 9.35. The molecule has 1 atom stereocenters. The molecule has 8 nitrogen and oxygen atoms in total. The van der Waals surface area contributed by atoms with E-state index in [1.807, 2.05) is 22.9 Å². The van der Waals surface area contributed by atoms with Gasteiger partial charge in [-0.1, -0.05) is 6.58 Å². The molecule has 0 saturated heterocycles. The maximum Gasteiger partial charge on any atom is 0.269 e. The van der Waals surface area contributed by atoms with E-state index in [2.05, 4.69) is 27.8 Å². The number of hydrogen-bond donors (Lipinski definition) is 0. The van der Waals surface area contributed by atoms with Crippen molar-refractivity contribution in [1.29, 1.82) is 10.5 Å². The highest BCUT2D eigenvalue weighted by atomic mass is 32.1. The summed E-state index contributed by atoms with van der Waals surface area (Å²) in [6.45, 7) is 4.58. The summed E-state index contributed by atoms with van der Waals surface area (Å²) in [5, 5.41) is 31.3. The van der Waals surface area contributed by atoms with Crippen LogP contribution in [-0.4, -0.2) is 31.9 Å². The van der Waals surface area contributed by atoms with E-state index < -0.39 is 0 Å². The van der Waals surface area contributed by atoms with Crippen LogP contribution < -0.4 is 0 Å². The summed E-state index contributed by atoms with van der Waals surface area (Å²) in [7, 11) is 0. The van der Waals surface area contributed by atoms with E-state index in [9.17, 15) is 4.79 Å². The van der Waals surface area contributed by atoms with E-state index in [0.29, 0.717) is 47.6 Å². The van der Waals surface area contributed by atoms with Crippen molar-refractivity contribution >= 4 is 34.4 Å². The first-order chi connectivity index (χ1) is 14.6. The monoisotopic (exact) mass is 415 g/mol. The van der Waals surface area contributed by atoms with Crippen LogP contribution in [0.5, 0.6) is 0 Å². The zero-order valence-corrected chi connectivity index (χ0v) is 16.8. The van der Waals surface area contributed by atoms with Crippen LogP contribution in [0.15, 0.2) is 47.0 Å². The molecule has 148 valence electrons. The zero-order valence-electron chi connectivity index (χ0n) is 16.0. The number of carbonyl (C=O) groups is 1. The number of hydrogen-bond acceptors (Lipinski definition) is 7. The molecule has 3 aromatic rings. The maximum atomic E-state index is 12.9. The Bertz CT molecular complexity index is 1240. The third-order valence-corrected chi connectivity index (χ3v) is 5.83. The fourth-order valence-corrected chi connectivity index (χ4v) is 4.19. The summed E-state index contributed by atoms with van der Waals surface area (Å²) in [6, 6.07) is 9.31. The van der Waals surface area contributed by atoms with Crippen molar-refractivity contribution < 1.29 is 4.79 Å². The minimum absolute atomic E-state index is 0.230. The molecule has 3 heterocycles. The van der Waals surface area contributed by atoms with Crippen LogP contribution in [-0.2, 0) is 11.3 Å². The molecular formula is C21H17N7OS. The molecule has 2 aromatic heterocycles. The Morgan fingerprint density at radius 2 is 2.20 bits per heavy atom. The molecule has 0 aliphatic carbocycles. The molecule has 1 unspecified atom stereocenters. The minimum atomic E-state index is -0.286. The second-order valence-corrected chi connectivity index (χ2v) is 7.73. The summed E-state index contributed by atoms with van der Waals surface area (Å²) in [4.78, 5) is 17.1. The van der Waals surface area contributed by atoms with Crippen molar-refractivity contribution in [1.82, 2.24) is 19.8 Å². The van der Waals surface area contributed by atoms with Crippen LogP contribution in [0, 0.1) is 22.7 Å². The van der Waals surface area contributed by atoms with Crippen LogP contribution in [0.3, 0.4) is 0 Å². The number of nitrogens with zero attached hydrogens (tertiary/aromatic N) is 7. The molecule has 0 bridgehead atoms. The van der Waals surface area contributed by atoms with E-state index in [1.54, 1.807) is 23.9 Å². The quantitative estimate of drug-likeness (QED) is 0.572. The van der Waals surface area contributed by atoms with Gasteiger partial charge in [-0.05, 0) is 31.0 Å². The molecule has 30 heavy (non-hydrogen) atoms. The predicted octanol–water partition coefficient (Wildman–Crippen LogP) is 3.53. The van der Waals surface area contributed by atoms with E-state index in [-0.39, 0.29) is 11.9 Å². The molecule has 0 saturated carbocycles. The molecule has 1 aliphatic rings. The molecule has 0 N–H and O–H groups in total. The number of carbonyl (C=O) groups excluding carboxylic acids is 1. The van der Waals surface area contributed by atoms with Crippen molar-refractivity contribution in [3.8, 4) is 12.1 Å². The molecule has 9 heteroatoms. The van der Waals surface area contributed by atoms with Gasteiger partial charge in [0.2, 0.25) is 0 Å². The molecule has 0 fully saturated rings. The summed E-state index contributed by atoms with van der Waals surface area (Å²) >= 11 is 1.36. The lowest BCUT2D eigenvalue weighted by Crippen LogP contribution is -2.28. The fraction of sp³-hybridized carbons (Fsp3) is 0.238. The van der Waals surface area contributed by atoms with Gasteiger partial charge in [0.15, 0.2) is 5.69 Å². The number of rotatable bonds is 6. The Kier molecular flexibility index (Phi) is 5.38.